The van der Waals surface area contributed by atoms with Gasteiger partial charge in [0, 0.05) is 24.1 Å². The summed E-state index contributed by atoms with van der Waals surface area (Å²) < 4.78 is 0. The van der Waals surface area contributed by atoms with Crippen LogP contribution < -0.4 is 5.32 Å². The van der Waals surface area contributed by atoms with E-state index in [1.165, 1.54) is 11.3 Å². The molecule has 1 amide bonds. The molecule has 0 fully saturated rings. The third-order valence-electron chi connectivity index (χ3n) is 3.44. The van der Waals surface area contributed by atoms with Gasteiger partial charge < -0.3 is 10.4 Å². The third kappa shape index (κ3) is 4.12. The van der Waals surface area contributed by atoms with E-state index in [1.807, 2.05) is 23.8 Å². The lowest BCUT2D eigenvalue weighted by atomic mass is 10.0. The van der Waals surface area contributed by atoms with E-state index in [4.69, 9.17) is 5.11 Å². The molecular weight excluding hydrogens is 304 g/mol. The molecule has 0 saturated heterocycles. The van der Waals surface area contributed by atoms with Crippen molar-refractivity contribution in [1.82, 2.24) is 10.3 Å². The Kier molecular flexibility index (Phi) is 5.90. The zero-order valence-electron chi connectivity index (χ0n) is 12.3. The molecule has 2 rings (SSSR count). The van der Waals surface area contributed by atoms with Gasteiger partial charge in [0.15, 0.2) is 0 Å². The van der Waals surface area contributed by atoms with Crippen molar-refractivity contribution in [3.8, 4) is 10.6 Å². The smallest absolute Gasteiger partial charge is 0.263 e. The lowest BCUT2D eigenvalue weighted by molar-refractivity contribution is 0.0947. The van der Waals surface area contributed by atoms with Gasteiger partial charge in [0.2, 0.25) is 0 Å². The number of carbonyl (C=O) groups is 1. The molecule has 0 saturated carbocycles. The molecule has 0 aromatic carbocycles. The van der Waals surface area contributed by atoms with Gasteiger partial charge in [-0.05, 0) is 30.7 Å². The lowest BCUT2D eigenvalue weighted by Crippen LogP contribution is -2.29. The van der Waals surface area contributed by atoms with E-state index in [0.717, 1.165) is 29.1 Å². The van der Waals surface area contributed by atoms with Crippen LogP contribution >= 0.6 is 22.7 Å². The Morgan fingerprint density at radius 3 is 2.95 bits per heavy atom. The molecule has 0 spiro atoms. The van der Waals surface area contributed by atoms with Gasteiger partial charge in [-0.25, -0.2) is 4.98 Å². The van der Waals surface area contributed by atoms with Gasteiger partial charge in [0.25, 0.3) is 5.91 Å². The number of aromatic nitrogens is 1. The van der Waals surface area contributed by atoms with E-state index in [1.54, 1.807) is 11.3 Å². The first-order chi connectivity index (χ1) is 10.2. The molecule has 1 atom stereocenters. The van der Waals surface area contributed by atoms with E-state index in [2.05, 4.69) is 17.2 Å². The van der Waals surface area contributed by atoms with Crippen molar-refractivity contribution in [1.29, 1.82) is 0 Å². The molecule has 21 heavy (non-hydrogen) atoms. The Hall–Kier alpha value is -1.24. The maximum absolute atomic E-state index is 12.3. The number of nitrogens with one attached hydrogen (secondary N) is 1. The summed E-state index contributed by atoms with van der Waals surface area (Å²) in [5.74, 6) is 0.256. The van der Waals surface area contributed by atoms with Crippen molar-refractivity contribution in [2.45, 2.75) is 26.7 Å². The predicted molar refractivity (Wildman–Crippen MR) is 88.0 cm³/mol. The zero-order chi connectivity index (χ0) is 15.2. The van der Waals surface area contributed by atoms with Gasteiger partial charge in [0.1, 0.15) is 9.88 Å². The fraction of sp³-hybridized carbons (Fsp3) is 0.467. The molecule has 2 aromatic rings. The predicted octanol–water partition coefficient (Wildman–Crippen LogP) is 3.32. The number of nitrogens with zero attached hydrogens (tertiary/aromatic N) is 1. The van der Waals surface area contributed by atoms with E-state index < -0.39 is 0 Å². The molecule has 0 bridgehead atoms. The van der Waals surface area contributed by atoms with Crippen LogP contribution in [0.3, 0.4) is 0 Å². The quantitative estimate of drug-likeness (QED) is 0.821. The minimum atomic E-state index is -0.0668. The van der Waals surface area contributed by atoms with Crippen LogP contribution in [0.4, 0.5) is 0 Å². The largest absolute Gasteiger partial charge is 0.396 e. The summed E-state index contributed by atoms with van der Waals surface area (Å²) in [4.78, 5) is 17.4. The number of aliphatic hydroxyl groups is 1. The summed E-state index contributed by atoms with van der Waals surface area (Å²) in [5.41, 5.74) is 1.84. The number of aliphatic hydroxyl groups excluding tert-OH is 1. The first-order valence-corrected chi connectivity index (χ1v) is 8.80. The number of thiophene rings is 1. The van der Waals surface area contributed by atoms with Crippen LogP contribution in [0, 0.1) is 12.8 Å². The summed E-state index contributed by atoms with van der Waals surface area (Å²) in [5, 5.41) is 16.9. The van der Waals surface area contributed by atoms with Crippen LogP contribution in [0.2, 0.25) is 0 Å². The minimum absolute atomic E-state index is 0.0668. The minimum Gasteiger partial charge on any atom is -0.396 e. The average Bonchev–Trinajstić information content (AvgIpc) is 3.12. The molecular formula is C15H20N2O2S2. The normalized spacial score (nSPS) is 12.3. The highest BCUT2D eigenvalue weighted by Crippen LogP contribution is 2.29. The molecule has 2 N–H and O–H groups in total. The fourth-order valence-electron chi connectivity index (χ4n) is 2.07. The SMILES string of the molecule is CCC(CCO)CNC(=O)c1sc(-c2ccsc2)nc1C. The Morgan fingerprint density at radius 2 is 2.33 bits per heavy atom. The summed E-state index contributed by atoms with van der Waals surface area (Å²) in [6.45, 7) is 4.70. The Balaban J connectivity index is 2.03. The van der Waals surface area contributed by atoms with Gasteiger partial charge in [-0.1, -0.05) is 13.3 Å². The van der Waals surface area contributed by atoms with E-state index >= 15 is 0 Å². The molecule has 114 valence electrons. The van der Waals surface area contributed by atoms with Crippen molar-refractivity contribution in [3.05, 3.63) is 27.4 Å². The highest BCUT2D eigenvalue weighted by atomic mass is 32.1. The maximum Gasteiger partial charge on any atom is 0.263 e. The fourth-order valence-corrected chi connectivity index (χ4v) is 3.76. The van der Waals surface area contributed by atoms with Crippen molar-refractivity contribution in [2.75, 3.05) is 13.2 Å². The van der Waals surface area contributed by atoms with Crippen LogP contribution in [-0.4, -0.2) is 29.1 Å². The summed E-state index contributed by atoms with van der Waals surface area (Å²) in [6, 6.07) is 2.01. The molecule has 0 aliphatic heterocycles. The molecule has 6 heteroatoms. The molecule has 0 aliphatic carbocycles. The number of amides is 1. The number of hydrogen-bond donors (Lipinski definition) is 2. The number of aryl methyl sites for hydroxylation is 1. The average molecular weight is 324 g/mol. The standard InChI is InChI=1S/C15H20N2O2S2/c1-3-11(4-6-18)8-16-14(19)13-10(2)17-15(21-13)12-5-7-20-9-12/h5,7,9,11,18H,3-4,6,8H2,1-2H3,(H,16,19). The monoisotopic (exact) mass is 324 g/mol. The number of thiazole rings is 1. The molecule has 1 unspecified atom stereocenters. The third-order valence-corrected chi connectivity index (χ3v) is 5.33. The molecule has 0 aliphatic rings. The number of carbonyl (C=O) groups excluding carboxylic acids is 1. The van der Waals surface area contributed by atoms with E-state index in [-0.39, 0.29) is 12.5 Å². The Bertz CT molecular complexity index is 579. The second-order valence-corrected chi connectivity index (χ2v) is 6.72. The van der Waals surface area contributed by atoms with Crippen molar-refractivity contribution >= 4 is 28.6 Å². The Labute approximate surface area is 132 Å². The first-order valence-electron chi connectivity index (χ1n) is 7.04. The second kappa shape index (κ2) is 7.68. The van der Waals surface area contributed by atoms with Crippen molar-refractivity contribution in [2.24, 2.45) is 5.92 Å². The maximum atomic E-state index is 12.3. The van der Waals surface area contributed by atoms with Crippen LogP contribution in [0.25, 0.3) is 10.6 Å². The number of hydrogen-bond acceptors (Lipinski definition) is 5. The zero-order valence-corrected chi connectivity index (χ0v) is 13.9. The summed E-state index contributed by atoms with van der Waals surface area (Å²) in [6.07, 6.45) is 1.67. The van der Waals surface area contributed by atoms with Crippen LogP contribution in [-0.2, 0) is 0 Å². The van der Waals surface area contributed by atoms with Crippen LogP contribution in [0.1, 0.15) is 35.1 Å². The summed E-state index contributed by atoms with van der Waals surface area (Å²) >= 11 is 3.06. The van der Waals surface area contributed by atoms with E-state index in [9.17, 15) is 4.79 Å². The topological polar surface area (TPSA) is 62.2 Å². The highest BCUT2D eigenvalue weighted by molar-refractivity contribution is 7.17. The summed E-state index contributed by atoms with van der Waals surface area (Å²) in [7, 11) is 0. The van der Waals surface area contributed by atoms with Crippen LogP contribution in [0.5, 0.6) is 0 Å². The van der Waals surface area contributed by atoms with E-state index in [0.29, 0.717) is 17.3 Å². The van der Waals surface area contributed by atoms with Gasteiger partial charge in [-0.2, -0.15) is 11.3 Å². The first kappa shape index (κ1) is 16.1. The van der Waals surface area contributed by atoms with Crippen LogP contribution in [0.15, 0.2) is 16.8 Å². The molecule has 2 heterocycles. The highest BCUT2D eigenvalue weighted by Gasteiger charge is 2.17. The van der Waals surface area contributed by atoms with Gasteiger partial charge in [-0.3, -0.25) is 4.79 Å². The number of rotatable bonds is 7. The molecule has 4 nitrogen and oxygen atoms in total. The molecule has 0 radical (unpaired) electrons. The van der Waals surface area contributed by atoms with Gasteiger partial charge in [0.05, 0.1) is 5.69 Å². The van der Waals surface area contributed by atoms with Crippen molar-refractivity contribution < 1.29 is 9.90 Å². The Morgan fingerprint density at radius 1 is 1.52 bits per heavy atom. The van der Waals surface area contributed by atoms with Gasteiger partial charge in [-0.15, -0.1) is 11.3 Å². The van der Waals surface area contributed by atoms with Gasteiger partial charge >= 0.3 is 0 Å². The van der Waals surface area contributed by atoms with Crippen molar-refractivity contribution in [3.63, 3.8) is 0 Å². The molecule has 2 aromatic heterocycles. The second-order valence-electron chi connectivity index (χ2n) is 4.94. The lowest BCUT2D eigenvalue weighted by Gasteiger charge is -2.13.